The van der Waals surface area contributed by atoms with Crippen molar-refractivity contribution in [1.82, 2.24) is 19.2 Å². The van der Waals surface area contributed by atoms with Gasteiger partial charge in [-0.15, -0.1) is 0 Å². The fourth-order valence-corrected chi connectivity index (χ4v) is 3.40. The van der Waals surface area contributed by atoms with Gasteiger partial charge in [0, 0.05) is 38.4 Å². The van der Waals surface area contributed by atoms with Gasteiger partial charge < -0.3 is 4.57 Å². The van der Waals surface area contributed by atoms with Crippen LogP contribution in [0.15, 0.2) is 12.5 Å². The molecule has 1 aromatic heterocycles. The van der Waals surface area contributed by atoms with E-state index in [1.54, 1.807) is 0 Å². The lowest BCUT2D eigenvalue weighted by molar-refractivity contribution is 0.173. The highest BCUT2D eigenvalue weighted by molar-refractivity contribution is 7.88. The highest BCUT2D eigenvalue weighted by atomic mass is 32.2. The lowest BCUT2D eigenvalue weighted by Gasteiger charge is -2.34. The minimum absolute atomic E-state index is 0.314. The summed E-state index contributed by atoms with van der Waals surface area (Å²) >= 11 is 0. The first kappa shape index (κ1) is 14.0. The number of hydrogen-bond acceptors (Lipinski definition) is 4. The Morgan fingerprint density at radius 3 is 2.95 bits per heavy atom. The van der Waals surface area contributed by atoms with Crippen LogP contribution in [0.4, 0.5) is 0 Å². The zero-order valence-electron chi connectivity index (χ0n) is 11.8. The van der Waals surface area contributed by atoms with Crippen molar-refractivity contribution in [1.29, 1.82) is 0 Å². The fourth-order valence-electron chi connectivity index (χ4n) is 2.91. The van der Waals surface area contributed by atoms with E-state index in [0.717, 1.165) is 25.4 Å². The molecule has 1 aliphatic heterocycles. The Balaban J connectivity index is 1.62. The monoisotopic (exact) mass is 298 g/mol. The number of nitrogens with zero attached hydrogens (tertiary/aromatic N) is 3. The third kappa shape index (κ3) is 3.59. The molecule has 0 radical (unpaired) electrons. The normalized spacial score (nSPS) is 23.8. The number of nitrogens with one attached hydrogen (secondary N) is 1. The van der Waals surface area contributed by atoms with Crippen LogP contribution in [0.1, 0.15) is 31.0 Å². The summed E-state index contributed by atoms with van der Waals surface area (Å²) in [5.74, 6) is 0.874. The zero-order valence-corrected chi connectivity index (χ0v) is 12.6. The highest BCUT2D eigenvalue weighted by Gasteiger charge is 2.29. The second kappa shape index (κ2) is 5.46. The first-order chi connectivity index (χ1) is 9.51. The molecular weight excluding hydrogens is 276 g/mol. The van der Waals surface area contributed by atoms with Crippen molar-refractivity contribution in [2.24, 2.45) is 5.92 Å². The van der Waals surface area contributed by atoms with Gasteiger partial charge in [-0.05, 0) is 25.2 Å². The zero-order chi connectivity index (χ0) is 14.2. The quantitative estimate of drug-likeness (QED) is 0.834. The summed E-state index contributed by atoms with van der Waals surface area (Å²) in [7, 11) is -3.10. The van der Waals surface area contributed by atoms with Gasteiger partial charge >= 0.3 is 0 Å². The van der Waals surface area contributed by atoms with Gasteiger partial charge in [0.25, 0.3) is 0 Å². The molecule has 1 N–H and O–H groups in total. The molecule has 0 bridgehead atoms. The second-order valence-electron chi connectivity index (χ2n) is 6.04. The van der Waals surface area contributed by atoms with E-state index in [-0.39, 0.29) is 0 Å². The fraction of sp³-hybridized carbons (Fsp3) is 0.769. The molecule has 0 spiro atoms. The summed E-state index contributed by atoms with van der Waals surface area (Å²) in [6, 6.07) is 0.314. The van der Waals surface area contributed by atoms with Crippen LogP contribution in [0.5, 0.6) is 0 Å². The van der Waals surface area contributed by atoms with Gasteiger partial charge in [0.15, 0.2) is 0 Å². The molecule has 2 heterocycles. The third-order valence-corrected chi connectivity index (χ3v) is 4.78. The molecule has 0 amide bonds. The molecule has 1 unspecified atom stereocenters. The summed E-state index contributed by atoms with van der Waals surface area (Å²) in [5, 5.41) is 0. The van der Waals surface area contributed by atoms with Crippen molar-refractivity contribution in [2.75, 3.05) is 25.9 Å². The van der Waals surface area contributed by atoms with E-state index in [9.17, 15) is 8.42 Å². The first-order valence-electron chi connectivity index (χ1n) is 7.19. The van der Waals surface area contributed by atoms with Crippen molar-refractivity contribution in [3.8, 4) is 0 Å². The van der Waals surface area contributed by atoms with E-state index in [1.807, 2.05) is 12.5 Å². The lowest BCUT2D eigenvalue weighted by Crippen LogP contribution is -2.39. The molecule has 3 rings (SSSR count). The first-order valence-corrected chi connectivity index (χ1v) is 9.08. The lowest BCUT2D eigenvalue weighted by atomic mass is 10.1. The predicted octanol–water partition coefficient (Wildman–Crippen LogP) is 0.589. The summed E-state index contributed by atoms with van der Waals surface area (Å²) in [6.07, 6.45) is 8.52. The topological polar surface area (TPSA) is 67.2 Å². The average molecular weight is 298 g/mol. The molecule has 7 heteroatoms. The Morgan fingerprint density at radius 1 is 1.45 bits per heavy atom. The SMILES string of the molecule is CS(=O)(=O)NCCC1CN(CC2CC2)Cc2cncn21. The van der Waals surface area contributed by atoms with Crippen molar-refractivity contribution in [2.45, 2.75) is 31.8 Å². The Bertz CT molecular complexity index is 565. The molecule has 1 saturated carbocycles. The molecule has 0 aromatic carbocycles. The Morgan fingerprint density at radius 2 is 2.25 bits per heavy atom. The van der Waals surface area contributed by atoms with Crippen molar-refractivity contribution >= 4 is 10.0 Å². The molecular formula is C13H22N4O2S. The van der Waals surface area contributed by atoms with Crippen LogP contribution in [-0.4, -0.2) is 48.8 Å². The van der Waals surface area contributed by atoms with Crippen LogP contribution < -0.4 is 4.72 Å². The third-order valence-electron chi connectivity index (χ3n) is 4.05. The van der Waals surface area contributed by atoms with Gasteiger partial charge in [-0.25, -0.2) is 18.1 Å². The smallest absolute Gasteiger partial charge is 0.208 e. The molecule has 1 atom stereocenters. The van der Waals surface area contributed by atoms with Crippen LogP contribution in [0.25, 0.3) is 0 Å². The minimum atomic E-state index is -3.10. The average Bonchev–Trinajstić information content (AvgIpc) is 3.03. The van der Waals surface area contributed by atoms with Crippen LogP contribution >= 0.6 is 0 Å². The largest absolute Gasteiger partial charge is 0.329 e. The Hall–Kier alpha value is -0.920. The number of hydrogen-bond donors (Lipinski definition) is 1. The predicted molar refractivity (Wildman–Crippen MR) is 76.7 cm³/mol. The van der Waals surface area contributed by atoms with Gasteiger partial charge in [0.1, 0.15) is 0 Å². The molecule has 2 aliphatic rings. The second-order valence-corrected chi connectivity index (χ2v) is 7.87. The van der Waals surface area contributed by atoms with Crippen LogP contribution in [-0.2, 0) is 16.6 Å². The van der Waals surface area contributed by atoms with Gasteiger partial charge in [-0.1, -0.05) is 0 Å². The minimum Gasteiger partial charge on any atom is -0.329 e. The highest BCUT2D eigenvalue weighted by Crippen LogP contribution is 2.32. The molecule has 6 nitrogen and oxygen atoms in total. The van der Waals surface area contributed by atoms with Crippen LogP contribution in [0, 0.1) is 5.92 Å². The maximum Gasteiger partial charge on any atom is 0.208 e. The maximum atomic E-state index is 11.1. The van der Waals surface area contributed by atoms with Crippen molar-refractivity contribution < 1.29 is 8.42 Å². The summed E-state index contributed by atoms with van der Waals surface area (Å²) in [5.41, 5.74) is 1.24. The van der Waals surface area contributed by atoms with E-state index in [4.69, 9.17) is 0 Å². The van der Waals surface area contributed by atoms with E-state index in [2.05, 4.69) is 19.2 Å². The number of sulfonamides is 1. The summed E-state index contributed by atoms with van der Waals surface area (Å²) in [4.78, 5) is 6.72. The number of imidazole rings is 1. The van der Waals surface area contributed by atoms with Crippen molar-refractivity contribution in [3.05, 3.63) is 18.2 Å². The van der Waals surface area contributed by atoms with E-state index in [0.29, 0.717) is 12.6 Å². The molecule has 1 fully saturated rings. The van der Waals surface area contributed by atoms with Gasteiger partial charge in [0.2, 0.25) is 10.0 Å². The maximum absolute atomic E-state index is 11.1. The van der Waals surface area contributed by atoms with Crippen LogP contribution in [0.3, 0.4) is 0 Å². The van der Waals surface area contributed by atoms with Crippen molar-refractivity contribution in [3.63, 3.8) is 0 Å². The molecule has 0 saturated heterocycles. The van der Waals surface area contributed by atoms with E-state index in [1.165, 1.54) is 31.3 Å². The molecule has 1 aliphatic carbocycles. The number of aromatic nitrogens is 2. The standard InChI is InChI=1S/C13H22N4O2S/c1-20(18,19)15-5-4-12-8-16(7-11-2-3-11)9-13-6-14-10-17(12)13/h6,10-12,15H,2-5,7-9H2,1H3. The molecule has 112 valence electrons. The van der Waals surface area contributed by atoms with Crippen LogP contribution in [0.2, 0.25) is 0 Å². The van der Waals surface area contributed by atoms with Gasteiger partial charge in [-0.2, -0.15) is 0 Å². The Kier molecular flexibility index (Phi) is 3.83. The van der Waals surface area contributed by atoms with Gasteiger partial charge in [-0.3, -0.25) is 4.90 Å². The molecule has 20 heavy (non-hydrogen) atoms. The molecule has 1 aromatic rings. The summed E-state index contributed by atoms with van der Waals surface area (Å²) in [6.45, 7) is 3.61. The Labute approximate surface area is 120 Å². The van der Waals surface area contributed by atoms with E-state index >= 15 is 0 Å². The number of rotatable bonds is 6. The van der Waals surface area contributed by atoms with Gasteiger partial charge in [0.05, 0.1) is 18.3 Å². The van der Waals surface area contributed by atoms with E-state index < -0.39 is 10.0 Å². The summed E-state index contributed by atoms with van der Waals surface area (Å²) < 4.78 is 27.1. The number of fused-ring (bicyclic) bond motifs is 1.